The molecular formula is C27H27N7O2. The van der Waals surface area contributed by atoms with Crippen molar-refractivity contribution in [3.63, 3.8) is 0 Å². The maximum atomic E-state index is 11.5. The number of aromatic amines is 1. The van der Waals surface area contributed by atoms with Gasteiger partial charge in [-0.05, 0) is 67.4 Å². The molecule has 1 saturated heterocycles. The Hall–Kier alpha value is -4.42. The van der Waals surface area contributed by atoms with Gasteiger partial charge in [-0.3, -0.25) is 9.69 Å². The number of fused-ring (bicyclic) bond motifs is 1. The summed E-state index contributed by atoms with van der Waals surface area (Å²) in [4.78, 5) is 27.5. The number of aryl methyl sites for hydroxylation is 1. The molecule has 1 aliphatic rings. The normalized spacial score (nSPS) is 14.0. The number of ether oxygens (including phenoxy) is 1. The Bertz CT molecular complexity index is 1400. The molecule has 1 fully saturated rings. The van der Waals surface area contributed by atoms with Crippen molar-refractivity contribution in [2.45, 2.75) is 12.8 Å². The van der Waals surface area contributed by atoms with Crippen molar-refractivity contribution in [3.05, 3.63) is 78.0 Å². The Labute approximate surface area is 209 Å². The van der Waals surface area contributed by atoms with E-state index in [1.54, 1.807) is 0 Å². The van der Waals surface area contributed by atoms with Gasteiger partial charge in [-0.2, -0.15) is 5.26 Å². The summed E-state index contributed by atoms with van der Waals surface area (Å²) in [5.41, 5.74) is 9.60. The number of carbonyl (C=O) groups excluding carboxylic acids is 1. The van der Waals surface area contributed by atoms with Crippen molar-refractivity contribution >= 4 is 22.5 Å². The summed E-state index contributed by atoms with van der Waals surface area (Å²) in [7, 11) is 0. The number of nitrogens with two attached hydrogens (primary N) is 1. The summed E-state index contributed by atoms with van der Waals surface area (Å²) in [5, 5.41) is 10.3. The van der Waals surface area contributed by atoms with Gasteiger partial charge in [-0.1, -0.05) is 0 Å². The summed E-state index contributed by atoms with van der Waals surface area (Å²) >= 11 is 0. The monoisotopic (exact) mass is 481 g/mol. The molecule has 182 valence electrons. The van der Waals surface area contributed by atoms with E-state index in [1.807, 2.05) is 42.5 Å². The molecule has 2 aromatic heterocycles. The minimum atomic E-state index is -0.656. The second-order valence-electron chi connectivity index (χ2n) is 8.81. The van der Waals surface area contributed by atoms with E-state index in [0.29, 0.717) is 11.3 Å². The smallest absolute Gasteiger partial charge is 0.271 e. The Morgan fingerprint density at radius 1 is 1.14 bits per heavy atom. The minimum absolute atomic E-state index is 0.0572. The fourth-order valence-corrected chi connectivity index (χ4v) is 4.61. The molecule has 2 aromatic carbocycles. The number of carbonyl (C=O) groups is 1. The second-order valence-corrected chi connectivity index (χ2v) is 8.81. The first-order chi connectivity index (χ1) is 17.6. The zero-order valence-electron chi connectivity index (χ0n) is 19.9. The number of primary amides is 1. The van der Waals surface area contributed by atoms with Gasteiger partial charge < -0.3 is 20.4 Å². The number of nitrogens with zero attached hydrogens (tertiary/aromatic N) is 5. The van der Waals surface area contributed by atoms with Crippen LogP contribution in [0.5, 0.6) is 11.5 Å². The molecule has 0 atom stereocenters. The van der Waals surface area contributed by atoms with E-state index in [2.05, 4.69) is 37.0 Å². The van der Waals surface area contributed by atoms with Gasteiger partial charge >= 0.3 is 0 Å². The van der Waals surface area contributed by atoms with Gasteiger partial charge in [-0.25, -0.2) is 9.97 Å². The van der Waals surface area contributed by atoms with Crippen LogP contribution in [0.1, 0.15) is 28.0 Å². The molecule has 9 heteroatoms. The third-order valence-corrected chi connectivity index (χ3v) is 6.53. The molecular weight excluding hydrogens is 454 g/mol. The Kier molecular flexibility index (Phi) is 6.78. The molecule has 36 heavy (non-hydrogen) atoms. The molecule has 3 heterocycles. The van der Waals surface area contributed by atoms with Crippen molar-refractivity contribution in [1.29, 1.82) is 5.26 Å². The van der Waals surface area contributed by atoms with Crippen LogP contribution in [0.4, 0.5) is 5.69 Å². The summed E-state index contributed by atoms with van der Waals surface area (Å²) in [6.07, 6.45) is 6.83. The first-order valence-corrected chi connectivity index (χ1v) is 12.0. The van der Waals surface area contributed by atoms with Crippen molar-refractivity contribution in [1.82, 2.24) is 19.9 Å². The first kappa shape index (κ1) is 23.3. The van der Waals surface area contributed by atoms with E-state index in [0.717, 1.165) is 62.2 Å². The third-order valence-electron chi connectivity index (χ3n) is 6.53. The fraction of sp³-hybridized carbons (Fsp3) is 0.259. The molecule has 1 amide bonds. The highest BCUT2D eigenvalue weighted by Gasteiger charge is 2.18. The maximum Gasteiger partial charge on any atom is 0.271 e. The molecule has 5 rings (SSSR count). The van der Waals surface area contributed by atoms with Crippen molar-refractivity contribution in [2.24, 2.45) is 5.73 Å². The number of piperazine rings is 1. The van der Waals surface area contributed by atoms with Crippen LogP contribution < -0.4 is 15.4 Å². The SMILES string of the molecule is N#Cc1ccc2[nH]cc(CCCN3CCN(c4ccc(Oc5cncnc5C(N)=O)cc4)CC3)c2c1. The van der Waals surface area contributed by atoms with E-state index in [1.165, 1.54) is 18.1 Å². The van der Waals surface area contributed by atoms with Crippen molar-refractivity contribution < 1.29 is 9.53 Å². The van der Waals surface area contributed by atoms with Crippen LogP contribution >= 0.6 is 0 Å². The molecule has 1 aliphatic heterocycles. The number of hydrogen-bond acceptors (Lipinski definition) is 7. The number of amides is 1. The Morgan fingerprint density at radius 3 is 2.69 bits per heavy atom. The van der Waals surface area contributed by atoms with Crippen LogP contribution in [0.25, 0.3) is 10.9 Å². The predicted molar refractivity (Wildman–Crippen MR) is 137 cm³/mol. The Morgan fingerprint density at radius 2 is 1.94 bits per heavy atom. The maximum absolute atomic E-state index is 11.5. The Balaban J connectivity index is 1.11. The van der Waals surface area contributed by atoms with Crippen LogP contribution in [-0.2, 0) is 6.42 Å². The highest BCUT2D eigenvalue weighted by molar-refractivity contribution is 5.93. The molecule has 0 radical (unpaired) electrons. The summed E-state index contributed by atoms with van der Waals surface area (Å²) in [6, 6.07) is 15.8. The molecule has 0 aliphatic carbocycles. The van der Waals surface area contributed by atoms with Crippen LogP contribution in [0.15, 0.2) is 61.2 Å². The number of nitrogens with one attached hydrogen (secondary N) is 1. The number of H-pyrrole nitrogens is 1. The summed E-state index contributed by atoms with van der Waals surface area (Å²) < 4.78 is 5.77. The molecule has 0 unspecified atom stereocenters. The first-order valence-electron chi connectivity index (χ1n) is 12.0. The lowest BCUT2D eigenvalue weighted by atomic mass is 10.1. The predicted octanol–water partition coefficient (Wildman–Crippen LogP) is 3.48. The van der Waals surface area contributed by atoms with E-state index in [-0.39, 0.29) is 11.4 Å². The van der Waals surface area contributed by atoms with E-state index < -0.39 is 5.91 Å². The standard InChI is InChI=1S/C27H27N7O2/c28-15-19-3-8-24-23(14-19)20(16-31-24)2-1-9-33-10-12-34(13-11-33)21-4-6-22(7-5-21)36-25-17-30-18-32-26(25)27(29)35/h3-8,14,16-18,31H,1-2,9-13H2,(H2,29,35). The number of hydrogen-bond donors (Lipinski definition) is 2. The van der Waals surface area contributed by atoms with Gasteiger partial charge in [0.25, 0.3) is 5.91 Å². The van der Waals surface area contributed by atoms with Crippen LogP contribution in [0.2, 0.25) is 0 Å². The largest absolute Gasteiger partial charge is 0.453 e. The lowest BCUT2D eigenvalue weighted by Crippen LogP contribution is -2.46. The van der Waals surface area contributed by atoms with Gasteiger partial charge in [0.1, 0.15) is 12.1 Å². The molecule has 4 aromatic rings. The second kappa shape index (κ2) is 10.5. The van der Waals surface area contributed by atoms with E-state index >= 15 is 0 Å². The van der Waals surface area contributed by atoms with Crippen LogP contribution in [0, 0.1) is 11.3 Å². The third kappa shape index (κ3) is 5.14. The number of benzene rings is 2. The van der Waals surface area contributed by atoms with Gasteiger partial charge in [0, 0.05) is 49.0 Å². The van der Waals surface area contributed by atoms with E-state index in [4.69, 9.17) is 10.5 Å². The summed E-state index contributed by atoms with van der Waals surface area (Å²) in [6.45, 7) is 4.98. The van der Waals surface area contributed by atoms with Crippen molar-refractivity contribution in [2.75, 3.05) is 37.6 Å². The van der Waals surface area contributed by atoms with E-state index in [9.17, 15) is 10.1 Å². The van der Waals surface area contributed by atoms with Crippen LogP contribution in [-0.4, -0.2) is 58.5 Å². The molecule has 9 nitrogen and oxygen atoms in total. The lowest BCUT2D eigenvalue weighted by Gasteiger charge is -2.36. The minimum Gasteiger partial charge on any atom is -0.453 e. The molecule has 3 N–H and O–H groups in total. The van der Waals surface area contributed by atoms with Crippen LogP contribution in [0.3, 0.4) is 0 Å². The summed E-state index contributed by atoms with van der Waals surface area (Å²) in [5.74, 6) is 0.176. The fourth-order valence-electron chi connectivity index (χ4n) is 4.61. The van der Waals surface area contributed by atoms with Gasteiger partial charge in [0.15, 0.2) is 11.4 Å². The highest BCUT2D eigenvalue weighted by atomic mass is 16.5. The van der Waals surface area contributed by atoms with Gasteiger partial charge in [-0.15, -0.1) is 0 Å². The molecule has 0 saturated carbocycles. The number of anilines is 1. The molecule has 0 spiro atoms. The topological polar surface area (TPSA) is 124 Å². The number of rotatable bonds is 8. The van der Waals surface area contributed by atoms with Crippen molar-refractivity contribution in [3.8, 4) is 17.6 Å². The molecule has 0 bridgehead atoms. The average Bonchev–Trinajstić information content (AvgIpc) is 3.32. The zero-order chi connectivity index (χ0) is 24.9. The van der Waals surface area contributed by atoms with Gasteiger partial charge in [0.2, 0.25) is 0 Å². The quantitative estimate of drug-likeness (QED) is 0.395. The highest BCUT2D eigenvalue weighted by Crippen LogP contribution is 2.26. The number of aromatic nitrogens is 3. The average molecular weight is 482 g/mol. The number of nitriles is 1. The lowest BCUT2D eigenvalue weighted by molar-refractivity contribution is 0.0993. The van der Waals surface area contributed by atoms with Gasteiger partial charge in [0.05, 0.1) is 17.8 Å². The zero-order valence-corrected chi connectivity index (χ0v) is 19.9.